The second kappa shape index (κ2) is 5.88. The average Bonchev–Trinajstić information content (AvgIpc) is 3.20. The van der Waals surface area contributed by atoms with E-state index in [0.29, 0.717) is 43.0 Å². The topological polar surface area (TPSA) is 99.1 Å². The molecule has 126 valence electrons. The number of fused-ring (bicyclic) bond motifs is 1. The first-order valence-electron chi connectivity index (χ1n) is 7.87. The lowest BCUT2D eigenvalue weighted by Gasteiger charge is -2.15. The molecule has 2 aliphatic heterocycles. The van der Waals surface area contributed by atoms with Gasteiger partial charge in [-0.3, -0.25) is 15.1 Å². The Hall–Kier alpha value is -2.45. The molecule has 4 rings (SSSR count). The summed E-state index contributed by atoms with van der Waals surface area (Å²) < 4.78 is 12.7. The van der Waals surface area contributed by atoms with Gasteiger partial charge in [0.15, 0.2) is 0 Å². The normalized spacial score (nSPS) is 21.2. The van der Waals surface area contributed by atoms with Gasteiger partial charge in [-0.05, 0) is 12.5 Å². The molecular formula is C16H17N3O5. The van der Waals surface area contributed by atoms with Crippen molar-refractivity contribution in [2.24, 2.45) is 4.99 Å². The lowest BCUT2D eigenvalue weighted by Crippen LogP contribution is -2.19. The molecule has 0 spiro atoms. The van der Waals surface area contributed by atoms with Gasteiger partial charge < -0.3 is 19.1 Å². The summed E-state index contributed by atoms with van der Waals surface area (Å²) in [5.41, 5.74) is 1.89. The van der Waals surface area contributed by atoms with E-state index < -0.39 is 4.92 Å². The van der Waals surface area contributed by atoms with Gasteiger partial charge in [-0.15, -0.1) is 0 Å². The Labute approximate surface area is 137 Å². The summed E-state index contributed by atoms with van der Waals surface area (Å²) in [5, 5.41) is 22.6. The van der Waals surface area contributed by atoms with Crippen molar-refractivity contribution >= 4 is 22.3 Å². The van der Waals surface area contributed by atoms with E-state index in [9.17, 15) is 15.2 Å². The summed E-state index contributed by atoms with van der Waals surface area (Å²) in [4.78, 5) is 15.1. The highest BCUT2D eigenvalue weighted by atomic mass is 16.6. The number of ether oxygens (including phenoxy) is 2. The van der Waals surface area contributed by atoms with Gasteiger partial charge in [0.25, 0.3) is 5.69 Å². The van der Waals surface area contributed by atoms with Gasteiger partial charge in [0.1, 0.15) is 0 Å². The van der Waals surface area contributed by atoms with E-state index in [1.54, 1.807) is 10.6 Å². The van der Waals surface area contributed by atoms with Gasteiger partial charge in [0, 0.05) is 24.1 Å². The van der Waals surface area contributed by atoms with Crippen LogP contribution in [-0.4, -0.2) is 53.3 Å². The number of nitro groups is 1. The van der Waals surface area contributed by atoms with Crippen LogP contribution in [-0.2, 0) is 9.47 Å². The van der Waals surface area contributed by atoms with Crippen LogP contribution in [0, 0.1) is 10.1 Å². The van der Waals surface area contributed by atoms with E-state index >= 15 is 0 Å². The summed E-state index contributed by atoms with van der Waals surface area (Å²) in [7, 11) is 0. The first-order chi connectivity index (χ1) is 11.7. The molecule has 2 aromatic rings. The molecule has 0 aliphatic carbocycles. The number of nitrogens with zero attached hydrogens (tertiary/aromatic N) is 3. The Bertz CT molecular complexity index is 836. The lowest BCUT2D eigenvalue weighted by molar-refractivity contribution is -0.384. The zero-order chi connectivity index (χ0) is 16.7. The van der Waals surface area contributed by atoms with Crippen molar-refractivity contribution in [2.75, 3.05) is 33.0 Å². The fourth-order valence-corrected chi connectivity index (χ4v) is 3.39. The Kier molecular flexibility index (Phi) is 3.70. The van der Waals surface area contributed by atoms with E-state index in [1.165, 1.54) is 12.1 Å². The minimum Gasteiger partial charge on any atom is -0.494 e. The third-order valence-corrected chi connectivity index (χ3v) is 4.51. The molecule has 0 radical (unpaired) electrons. The highest BCUT2D eigenvalue weighted by molar-refractivity contribution is 6.14. The van der Waals surface area contributed by atoms with E-state index in [4.69, 9.17) is 9.47 Å². The number of aliphatic imine (C=N–C) groups is 1. The van der Waals surface area contributed by atoms with Crippen molar-refractivity contribution in [3.8, 4) is 5.88 Å². The molecule has 2 aliphatic rings. The van der Waals surface area contributed by atoms with E-state index in [2.05, 4.69) is 4.99 Å². The van der Waals surface area contributed by atoms with Gasteiger partial charge >= 0.3 is 0 Å². The number of hydrogen-bond donors (Lipinski definition) is 1. The van der Waals surface area contributed by atoms with Crippen LogP contribution in [0.1, 0.15) is 18.0 Å². The third-order valence-electron chi connectivity index (χ3n) is 4.51. The zero-order valence-corrected chi connectivity index (χ0v) is 13.0. The van der Waals surface area contributed by atoms with Crippen LogP contribution in [0.4, 0.5) is 5.69 Å². The molecule has 3 heterocycles. The van der Waals surface area contributed by atoms with Crippen LogP contribution in [0.2, 0.25) is 0 Å². The number of hydrogen-bond acceptors (Lipinski definition) is 6. The van der Waals surface area contributed by atoms with E-state index in [1.807, 2.05) is 0 Å². The number of aromatic hydroxyl groups is 1. The smallest absolute Gasteiger partial charge is 0.270 e. The summed E-state index contributed by atoms with van der Waals surface area (Å²) in [5.74, 6) is 0.0743. The van der Waals surface area contributed by atoms with Crippen LogP contribution in [0.25, 0.3) is 10.9 Å². The van der Waals surface area contributed by atoms with Crippen molar-refractivity contribution in [3.05, 3.63) is 33.9 Å². The maximum Gasteiger partial charge on any atom is 0.270 e. The predicted octanol–water partition coefficient (Wildman–Crippen LogP) is 2.04. The van der Waals surface area contributed by atoms with Gasteiger partial charge in [0.05, 0.1) is 54.1 Å². The van der Waals surface area contributed by atoms with Gasteiger partial charge in [-0.25, -0.2) is 0 Å². The minimum absolute atomic E-state index is 0.00724. The van der Waals surface area contributed by atoms with E-state index in [-0.39, 0.29) is 24.2 Å². The molecule has 1 saturated heterocycles. The molecule has 0 bridgehead atoms. The van der Waals surface area contributed by atoms with Crippen molar-refractivity contribution in [2.45, 2.75) is 12.5 Å². The molecule has 1 fully saturated rings. The Morgan fingerprint density at radius 2 is 2.21 bits per heavy atom. The van der Waals surface area contributed by atoms with Crippen molar-refractivity contribution in [3.63, 3.8) is 0 Å². The molecule has 0 amide bonds. The van der Waals surface area contributed by atoms with Crippen molar-refractivity contribution in [1.82, 2.24) is 4.57 Å². The SMILES string of the molecule is O=[N+]([O-])c1ccc2c(c1)c(C1=NCCOC1)c(O)n2C1CCOC1. The molecule has 8 heteroatoms. The summed E-state index contributed by atoms with van der Waals surface area (Å²) in [6.45, 7) is 2.49. The molecule has 24 heavy (non-hydrogen) atoms. The largest absolute Gasteiger partial charge is 0.494 e. The summed E-state index contributed by atoms with van der Waals surface area (Å²) >= 11 is 0. The molecule has 1 atom stereocenters. The molecular weight excluding hydrogens is 314 g/mol. The lowest BCUT2D eigenvalue weighted by atomic mass is 10.1. The van der Waals surface area contributed by atoms with Crippen LogP contribution in [0.3, 0.4) is 0 Å². The average molecular weight is 331 g/mol. The molecule has 1 aromatic heterocycles. The third kappa shape index (κ3) is 2.35. The monoisotopic (exact) mass is 331 g/mol. The second-order valence-electron chi connectivity index (χ2n) is 5.93. The van der Waals surface area contributed by atoms with E-state index in [0.717, 1.165) is 11.9 Å². The molecule has 1 aromatic carbocycles. The highest BCUT2D eigenvalue weighted by Crippen LogP contribution is 2.39. The number of aromatic nitrogens is 1. The van der Waals surface area contributed by atoms with Crippen molar-refractivity contribution < 1.29 is 19.5 Å². The first kappa shape index (κ1) is 15.1. The first-order valence-corrected chi connectivity index (χ1v) is 7.87. The predicted molar refractivity (Wildman–Crippen MR) is 87.0 cm³/mol. The minimum atomic E-state index is -0.435. The summed E-state index contributed by atoms with van der Waals surface area (Å²) in [6, 6.07) is 4.64. The molecule has 8 nitrogen and oxygen atoms in total. The van der Waals surface area contributed by atoms with Crippen LogP contribution < -0.4 is 0 Å². The maximum atomic E-state index is 11.1. The Balaban J connectivity index is 1.97. The molecule has 0 saturated carbocycles. The Morgan fingerprint density at radius 3 is 2.88 bits per heavy atom. The van der Waals surface area contributed by atoms with Gasteiger partial charge in [-0.2, -0.15) is 0 Å². The number of benzene rings is 1. The van der Waals surface area contributed by atoms with Gasteiger partial charge in [-0.1, -0.05) is 0 Å². The fourth-order valence-electron chi connectivity index (χ4n) is 3.39. The van der Waals surface area contributed by atoms with Crippen LogP contribution in [0.15, 0.2) is 23.2 Å². The molecule has 1 N–H and O–H groups in total. The number of nitro benzene ring substituents is 1. The number of rotatable bonds is 3. The fraction of sp³-hybridized carbons (Fsp3) is 0.438. The Morgan fingerprint density at radius 1 is 1.33 bits per heavy atom. The molecule has 1 unspecified atom stereocenters. The zero-order valence-electron chi connectivity index (χ0n) is 13.0. The van der Waals surface area contributed by atoms with Gasteiger partial charge in [0.2, 0.25) is 5.88 Å². The van der Waals surface area contributed by atoms with Crippen LogP contribution >= 0.6 is 0 Å². The highest BCUT2D eigenvalue weighted by Gasteiger charge is 2.29. The second-order valence-corrected chi connectivity index (χ2v) is 5.93. The van der Waals surface area contributed by atoms with Crippen LogP contribution in [0.5, 0.6) is 5.88 Å². The van der Waals surface area contributed by atoms with Crippen molar-refractivity contribution in [1.29, 1.82) is 0 Å². The number of non-ortho nitro benzene ring substituents is 1. The standard InChI is InChI=1S/C16H17N3O5/c20-16-15(13-9-24-6-4-17-13)12-7-10(19(21)22)1-2-14(12)18(16)11-3-5-23-8-11/h1-2,7,11,20H,3-6,8-9H2. The summed E-state index contributed by atoms with van der Waals surface area (Å²) in [6.07, 6.45) is 0.788. The quantitative estimate of drug-likeness (QED) is 0.685. The maximum absolute atomic E-state index is 11.1.